The zero-order valence-corrected chi connectivity index (χ0v) is 21.6. The van der Waals surface area contributed by atoms with Gasteiger partial charge in [0.25, 0.3) is 0 Å². The lowest BCUT2D eigenvalue weighted by molar-refractivity contribution is -0.119. The summed E-state index contributed by atoms with van der Waals surface area (Å²) in [5.74, 6) is -0.843. The summed E-state index contributed by atoms with van der Waals surface area (Å²) in [7, 11) is -5.46. The molecule has 1 aromatic carbocycles. The van der Waals surface area contributed by atoms with E-state index in [1.807, 2.05) is 6.07 Å². The number of benzene rings is 1. The zero-order chi connectivity index (χ0) is 26.6. The van der Waals surface area contributed by atoms with Gasteiger partial charge in [0.05, 0.1) is 17.4 Å². The van der Waals surface area contributed by atoms with Gasteiger partial charge in [-0.2, -0.15) is 18.9 Å². The van der Waals surface area contributed by atoms with E-state index in [0.717, 1.165) is 18.0 Å². The molecule has 3 N–H and O–H groups in total. The van der Waals surface area contributed by atoms with E-state index in [9.17, 15) is 38.1 Å². The molecule has 1 heterocycles. The highest BCUT2D eigenvalue weighted by molar-refractivity contribution is 8.00. The number of hydrogen-bond acceptors (Lipinski definition) is 10. The molecule has 1 aromatic heterocycles. The first kappa shape index (κ1) is 28.1. The Bertz CT molecular complexity index is 1360. The molecule has 0 aliphatic rings. The normalized spacial score (nSPS) is 12.2. The molecule has 0 aliphatic carbocycles. The van der Waals surface area contributed by atoms with E-state index in [-0.39, 0.29) is 33.3 Å². The highest BCUT2D eigenvalue weighted by Gasteiger charge is 2.30. The third-order valence-electron chi connectivity index (χ3n) is 4.40. The van der Waals surface area contributed by atoms with E-state index in [0.29, 0.717) is 12.0 Å². The molecule has 2 aromatic rings. The number of carbonyl (C=O) groups is 1. The molecule has 1 unspecified atom stereocenters. The van der Waals surface area contributed by atoms with Crippen LogP contribution in [-0.2, 0) is 25.9 Å². The molecule has 0 spiro atoms. The molecule has 1 atom stereocenters. The summed E-state index contributed by atoms with van der Waals surface area (Å²) >= 11 is 0.757. The van der Waals surface area contributed by atoms with Crippen LogP contribution < -0.4 is 14.2 Å². The number of aromatic nitrogens is 1. The first-order valence-corrected chi connectivity index (χ1v) is 14.1. The van der Waals surface area contributed by atoms with Crippen LogP contribution in [0, 0.1) is 22.7 Å². The van der Waals surface area contributed by atoms with E-state index >= 15 is 0 Å². The predicted molar refractivity (Wildman–Crippen MR) is 128 cm³/mol. The second-order valence-electron chi connectivity index (χ2n) is 7.32. The van der Waals surface area contributed by atoms with Crippen LogP contribution in [0.15, 0.2) is 29.3 Å². The van der Waals surface area contributed by atoms with Crippen molar-refractivity contribution in [3.05, 3.63) is 46.5 Å². The maximum absolute atomic E-state index is 12.8. The molecule has 0 fully saturated rings. The van der Waals surface area contributed by atoms with Crippen molar-refractivity contribution in [3.8, 4) is 17.9 Å². The number of hydrogen-bond donors (Lipinski definition) is 3. The number of nitrogens with one attached hydrogen (secondary N) is 1. The molecule has 2 rings (SSSR count). The summed E-state index contributed by atoms with van der Waals surface area (Å²) in [5.41, 5.74) is 0.908. The third kappa shape index (κ3) is 7.42. The minimum atomic E-state index is -4.96. The predicted octanol–water partition coefficient (Wildman–Crippen LogP) is 1.83. The summed E-state index contributed by atoms with van der Waals surface area (Å²) in [6.07, 6.45) is 1.18. The highest BCUT2D eigenvalue weighted by atomic mass is 32.2. The van der Waals surface area contributed by atoms with Crippen molar-refractivity contribution in [3.63, 3.8) is 0 Å². The molecular weight excluding hydrogens is 517 g/mol. The molecule has 0 saturated carbocycles. The van der Waals surface area contributed by atoms with Gasteiger partial charge in [0.1, 0.15) is 34.0 Å². The number of thioether (sulfide) groups is 1. The molecule has 35 heavy (non-hydrogen) atoms. The van der Waals surface area contributed by atoms with Gasteiger partial charge < -0.3 is 18.9 Å². The van der Waals surface area contributed by atoms with Crippen molar-refractivity contribution in [2.75, 3.05) is 25.3 Å². The van der Waals surface area contributed by atoms with E-state index in [1.165, 1.54) is 24.3 Å². The Hall–Kier alpha value is -3.13. The molecule has 0 radical (unpaired) electrons. The topological polar surface area (TPSA) is 194 Å². The second kappa shape index (κ2) is 11.1. The van der Waals surface area contributed by atoms with Crippen LogP contribution in [0.1, 0.15) is 34.4 Å². The summed E-state index contributed by atoms with van der Waals surface area (Å²) in [5, 5.41) is 19.8. The SMILES string of the molecule is CCc1c(C#N)c(SC(C(=O)NP(=O)(O)O)c2ccc(OS(C)(=O)=O)cc2)nc(N(C)C)c1C#N. The maximum Gasteiger partial charge on any atom is 0.429 e. The molecule has 12 nitrogen and oxygen atoms in total. The first-order valence-electron chi connectivity index (χ1n) is 9.78. The Morgan fingerprint density at radius 3 is 2.23 bits per heavy atom. The van der Waals surface area contributed by atoms with Gasteiger partial charge in [-0.3, -0.25) is 9.88 Å². The number of pyridine rings is 1. The maximum atomic E-state index is 12.8. The third-order valence-corrected chi connectivity index (χ3v) is 6.65. The van der Waals surface area contributed by atoms with Crippen LogP contribution in [0.25, 0.3) is 0 Å². The summed E-state index contributed by atoms with van der Waals surface area (Å²) in [6, 6.07) is 9.30. The van der Waals surface area contributed by atoms with Crippen LogP contribution in [-0.4, -0.2) is 49.4 Å². The molecule has 186 valence electrons. The highest BCUT2D eigenvalue weighted by Crippen LogP contribution is 2.41. The van der Waals surface area contributed by atoms with E-state index in [1.54, 1.807) is 31.0 Å². The van der Waals surface area contributed by atoms with Gasteiger partial charge in [0.2, 0.25) is 5.91 Å². The molecule has 15 heteroatoms. The summed E-state index contributed by atoms with van der Waals surface area (Å²) < 4.78 is 38.9. The van der Waals surface area contributed by atoms with Gasteiger partial charge in [-0.15, -0.1) is 0 Å². The van der Waals surface area contributed by atoms with Crippen LogP contribution in [0.4, 0.5) is 5.82 Å². The van der Waals surface area contributed by atoms with E-state index in [2.05, 4.69) is 11.1 Å². The number of nitriles is 2. The van der Waals surface area contributed by atoms with Gasteiger partial charge >= 0.3 is 17.9 Å². The van der Waals surface area contributed by atoms with Crippen molar-refractivity contribution in [1.82, 2.24) is 10.1 Å². The first-order chi connectivity index (χ1) is 16.2. The fourth-order valence-electron chi connectivity index (χ4n) is 3.05. The molecular formula is C20H22N5O7PS2. The molecule has 0 saturated heterocycles. The van der Waals surface area contributed by atoms with Gasteiger partial charge in [0.15, 0.2) is 0 Å². The van der Waals surface area contributed by atoms with Gasteiger partial charge in [-0.05, 0) is 29.7 Å². The molecule has 0 aliphatic heterocycles. The second-order valence-corrected chi connectivity index (χ2v) is 11.3. The van der Waals surface area contributed by atoms with E-state index in [4.69, 9.17) is 4.18 Å². The largest absolute Gasteiger partial charge is 0.429 e. The standard InChI is InChI=1S/C20H22N5O7PS2/c1-5-14-15(10-21)18(25(2)3)23-20(16(14)11-22)34-17(19(26)24-33(27,28)29)12-6-8-13(9-7-12)32-35(4,30)31/h6-9,17H,5H2,1-4H3,(H3,24,26,27,28,29). The molecule has 0 bridgehead atoms. The van der Waals surface area contributed by atoms with Crippen molar-refractivity contribution in [2.45, 2.75) is 23.6 Å². The monoisotopic (exact) mass is 539 g/mol. The number of carbonyl (C=O) groups excluding carboxylic acids is 1. The van der Waals surface area contributed by atoms with Crippen LogP contribution >= 0.6 is 19.5 Å². The van der Waals surface area contributed by atoms with Crippen molar-refractivity contribution < 1.29 is 31.7 Å². The fraction of sp³-hybridized carbons (Fsp3) is 0.300. The van der Waals surface area contributed by atoms with Crippen molar-refractivity contribution in [2.24, 2.45) is 0 Å². The number of rotatable bonds is 9. The van der Waals surface area contributed by atoms with Crippen LogP contribution in [0.5, 0.6) is 5.75 Å². The lowest BCUT2D eigenvalue weighted by Gasteiger charge is -2.21. The number of nitrogens with zero attached hydrogens (tertiary/aromatic N) is 4. The zero-order valence-electron chi connectivity index (χ0n) is 19.1. The Kier molecular flexibility index (Phi) is 8.89. The summed E-state index contributed by atoms with van der Waals surface area (Å²) in [4.78, 5) is 37.3. The Morgan fingerprint density at radius 2 is 1.80 bits per heavy atom. The fourth-order valence-corrected chi connectivity index (χ4v) is 5.12. The smallest absolute Gasteiger partial charge is 0.383 e. The van der Waals surface area contributed by atoms with Crippen molar-refractivity contribution in [1.29, 1.82) is 10.5 Å². The van der Waals surface area contributed by atoms with Gasteiger partial charge in [-0.1, -0.05) is 30.8 Å². The Morgan fingerprint density at radius 1 is 1.23 bits per heavy atom. The minimum Gasteiger partial charge on any atom is -0.383 e. The average molecular weight is 540 g/mol. The minimum absolute atomic E-state index is 0.0345. The van der Waals surface area contributed by atoms with Gasteiger partial charge in [-0.25, -0.2) is 9.55 Å². The Labute approximate surface area is 206 Å². The van der Waals surface area contributed by atoms with Crippen LogP contribution in [0.3, 0.4) is 0 Å². The van der Waals surface area contributed by atoms with E-state index < -0.39 is 29.0 Å². The average Bonchev–Trinajstić information content (AvgIpc) is 2.74. The molecule has 1 amide bonds. The van der Waals surface area contributed by atoms with Crippen molar-refractivity contribution >= 4 is 41.4 Å². The number of anilines is 1. The van der Waals surface area contributed by atoms with Crippen LogP contribution in [0.2, 0.25) is 0 Å². The Balaban J connectivity index is 2.66. The lowest BCUT2D eigenvalue weighted by Crippen LogP contribution is -2.25. The van der Waals surface area contributed by atoms with Gasteiger partial charge in [0, 0.05) is 14.1 Å². The number of amides is 1. The summed E-state index contributed by atoms with van der Waals surface area (Å²) in [6.45, 7) is 1.75. The quantitative estimate of drug-likeness (QED) is 0.238. The lowest BCUT2D eigenvalue weighted by atomic mass is 10.0.